The quantitative estimate of drug-likeness (QED) is 0.351. The van der Waals surface area contributed by atoms with Crippen LogP contribution in [0.5, 0.6) is 0 Å². The maximum atomic E-state index is 12.8. The van der Waals surface area contributed by atoms with Gasteiger partial charge in [-0.05, 0) is 67.7 Å². The van der Waals surface area contributed by atoms with Crippen LogP contribution in [0.4, 0.5) is 5.69 Å². The van der Waals surface area contributed by atoms with Crippen LogP contribution in [0.3, 0.4) is 0 Å². The summed E-state index contributed by atoms with van der Waals surface area (Å²) < 4.78 is 0. The lowest BCUT2D eigenvalue weighted by Gasteiger charge is -2.45. The van der Waals surface area contributed by atoms with Crippen molar-refractivity contribution >= 4 is 52.5 Å². The van der Waals surface area contributed by atoms with Crippen LogP contribution < -0.4 is 10.2 Å². The maximum absolute atomic E-state index is 12.8. The standard InChI is InChI=1S/C21H24ClN3O2S/c1-6-7-25-19(27)15(18(26)23-20(25)28)9-13-8-14-12(2)11-21(3,4)24(5)17(14)10-16(13)22/h6,8-10,12H,1,7,11H2,2-5H3,(H,23,26,28)/b15-9-/t12-/m1/s1. The second-order valence-corrected chi connectivity index (χ2v) is 8.72. The molecule has 1 fully saturated rings. The van der Waals surface area contributed by atoms with Crippen molar-refractivity contribution in [1.29, 1.82) is 0 Å². The van der Waals surface area contributed by atoms with Crippen LogP contribution in [0, 0.1) is 0 Å². The Bertz CT molecular complexity index is 922. The molecule has 0 radical (unpaired) electrons. The van der Waals surface area contributed by atoms with E-state index >= 15 is 0 Å². The van der Waals surface area contributed by atoms with Gasteiger partial charge in [0, 0.05) is 29.8 Å². The van der Waals surface area contributed by atoms with Crippen LogP contribution in [-0.4, -0.2) is 41.0 Å². The minimum absolute atomic E-state index is 0.00875. The highest BCUT2D eigenvalue weighted by atomic mass is 35.5. The summed E-state index contributed by atoms with van der Waals surface area (Å²) in [5.41, 5.74) is 2.90. The molecule has 2 amide bonds. The van der Waals surface area contributed by atoms with Crippen LogP contribution in [0.15, 0.2) is 30.4 Å². The van der Waals surface area contributed by atoms with Gasteiger partial charge in [0.2, 0.25) is 0 Å². The molecule has 0 saturated carbocycles. The molecule has 2 heterocycles. The van der Waals surface area contributed by atoms with Gasteiger partial charge >= 0.3 is 0 Å². The molecule has 7 heteroatoms. The molecule has 1 aromatic rings. The summed E-state index contributed by atoms with van der Waals surface area (Å²) in [6.45, 7) is 10.5. The van der Waals surface area contributed by atoms with Crippen LogP contribution in [0.1, 0.15) is 44.2 Å². The molecular formula is C21H24ClN3O2S. The third-order valence-electron chi connectivity index (χ3n) is 5.55. The van der Waals surface area contributed by atoms with E-state index in [0.717, 1.165) is 17.7 Å². The van der Waals surface area contributed by atoms with Crippen molar-refractivity contribution in [2.75, 3.05) is 18.5 Å². The molecule has 0 spiro atoms. The van der Waals surface area contributed by atoms with E-state index in [1.54, 1.807) is 12.2 Å². The molecule has 1 atom stereocenters. The van der Waals surface area contributed by atoms with Gasteiger partial charge in [-0.2, -0.15) is 0 Å². The van der Waals surface area contributed by atoms with Crippen LogP contribution in [-0.2, 0) is 9.59 Å². The summed E-state index contributed by atoms with van der Waals surface area (Å²) >= 11 is 11.6. The highest BCUT2D eigenvalue weighted by molar-refractivity contribution is 7.80. The van der Waals surface area contributed by atoms with Crippen LogP contribution in [0.25, 0.3) is 6.08 Å². The van der Waals surface area contributed by atoms with Gasteiger partial charge in [0.05, 0.1) is 0 Å². The number of anilines is 1. The Morgan fingerprint density at radius 1 is 1.39 bits per heavy atom. The Kier molecular flexibility index (Phi) is 5.38. The largest absolute Gasteiger partial charge is 0.369 e. The van der Waals surface area contributed by atoms with Crippen molar-refractivity contribution in [1.82, 2.24) is 10.2 Å². The first kappa shape index (κ1) is 20.6. The molecule has 0 bridgehead atoms. The van der Waals surface area contributed by atoms with E-state index in [9.17, 15) is 9.59 Å². The van der Waals surface area contributed by atoms with E-state index in [4.69, 9.17) is 23.8 Å². The lowest BCUT2D eigenvalue weighted by Crippen LogP contribution is -2.53. The minimum Gasteiger partial charge on any atom is -0.369 e. The third-order valence-corrected chi connectivity index (χ3v) is 6.20. The number of halogens is 1. The lowest BCUT2D eigenvalue weighted by molar-refractivity contribution is -0.128. The molecule has 28 heavy (non-hydrogen) atoms. The second-order valence-electron chi connectivity index (χ2n) is 7.93. The monoisotopic (exact) mass is 417 g/mol. The number of amides is 2. The normalized spacial score (nSPS) is 23.0. The first-order valence-corrected chi connectivity index (χ1v) is 9.92. The number of hydrogen-bond acceptors (Lipinski definition) is 4. The number of benzene rings is 1. The van der Waals surface area contributed by atoms with Crippen molar-refractivity contribution in [3.63, 3.8) is 0 Å². The highest BCUT2D eigenvalue weighted by Crippen LogP contribution is 2.44. The Morgan fingerprint density at radius 3 is 2.71 bits per heavy atom. The predicted molar refractivity (Wildman–Crippen MR) is 118 cm³/mol. The average Bonchev–Trinajstić information content (AvgIpc) is 2.60. The molecule has 1 N–H and O–H groups in total. The number of thiocarbonyl (C=S) groups is 1. The number of nitrogens with one attached hydrogen (secondary N) is 1. The molecule has 1 saturated heterocycles. The topological polar surface area (TPSA) is 52.7 Å². The Labute approximate surface area is 176 Å². The lowest BCUT2D eigenvalue weighted by atomic mass is 9.80. The van der Waals surface area contributed by atoms with Crippen molar-refractivity contribution in [2.24, 2.45) is 0 Å². The third kappa shape index (κ3) is 3.47. The Hall–Kier alpha value is -2.18. The average molecular weight is 418 g/mol. The summed E-state index contributed by atoms with van der Waals surface area (Å²) in [4.78, 5) is 28.7. The number of carbonyl (C=O) groups excluding carboxylic acids is 2. The second kappa shape index (κ2) is 7.33. The fourth-order valence-corrected chi connectivity index (χ4v) is 4.32. The number of rotatable bonds is 3. The highest BCUT2D eigenvalue weighted by Gasteiger charge is 2.36. The zero-order chi connectivity index (χ0) is 20.8. The number of carbonyl (C=O) groups is 2. The molecule has 2 aliphatic rings. The summed E-state index contributed by atoms with van der Waals surface area (Å²) in [6, 6.07) is 3.89. The van der Waals surface area contributed by atoms with Gasteiger partial charge in [-0.3, -0.25) is 19.8 Å². The van der Waals surface area contributed by atoms with Crippen molar-refractivity contribution in [3.8, 4) is 0 Å². The van der Waals surface area contributed by atoms with E-state index in [2.05, 4.69) is 44.6 Å². The summed E-state index contributed by atoms with van der Waals surface area (Å²) in [5.74, 6) is -0.638. The molecule has 0 unspecified atom stereocenters. The summed E-state index contributed by atoms with van der Waals surface area (Å²) in [7, 11) is 2.06. The SMILES string of the molecule is C=CCN1C(=O)/C(=C\c2cc3c(cc2Cl)N(C)C(C)(C)C[C@H]3C)C(=O)NC1=S. The predicted octanol–water partition coefficient (Wildman–Crippen LogP) is 3.87. The number of fused-ring (bicyclic) bond motifs is 1. The molecule has 5 nitrogen and oxygen atoms in total. The molecule has 0 aromatic heterocycles. The fourth-order valence-electron chi connectivity index (χ4n) is 3.86. The zero-order valence-electron chi connectivity index (χ0n) is 16.5. The van der Waals surface area contributed by atoms with Gasteiger partial charge in [-0.1, -0.05) is 24.6 Å². The van der Waals surface area contributed by atoms with Crippen LogP contribution in [0.2, 0.25) is 5.02 Å². The first-order chi connectivity index (χ1) is 13.1. The summed E-state index contributed by atoms with van der Waals surface area (Å²) in [6.07, 6.45) is 4.10. The van der Waals surface area contributed by atoms with Crippen molar-refractivity contribution in [2.45, 2.75) is 38.6 Å². The van der Waals surface area contributed by atoms with Gasteiger partial charge in [0.1, 0.15) is 5.57 Å². The number of nitrogens with zero attached hydrogens (tertiary/aromatic N) is 2. The number of hydrogen-bond donors (Lipinski definition) is 1. The molecule has 3 rings (SSSR count). The van der Waals surface area contributed by atoms with E-state index < -0.39 is 11.8 Å². The van der Waals surface area contributed by atoms with Gasteiger partial charge in [-0.15, -0.1) is 6.58 Å². The fraction of sp³-hybridized carbons (Fsp3) is 0.381. The Balaban J connectivity index is 2.06. The first-order valence-electron chi connectivity index (χ1n) is 9.14. The molecule has 2 aliphatic heterocycles. The minimum atomic E-state index is -0.518. The van der Waals surface area contributed by atoms with E-state index in [1.807, 2.05) is 12.1 Å². The van der Waals surface area contributed by atoms with Crippen LogP contribution >= 0.6 is 23.8 Å². The van der Waals surface area contributed by atoms with Gasteiger partial charge in [0.15, 0.2) is 5.11 Å². The van der Waals surface area contributed by atoms with E-state index in [-0.39, 0.29) is 22.8 Å². The van der Waals surface area contributed by atoms with E-state index in [0.29, 0.717) is 16.5 Å². The smallest absolute Gasteiger partial charge is 0.265 e. The van der Waals surface area contributed by atoms with Crippen molar-refractivity contribution < 1.29 is 9.59 Å². The van der Waals surface area contributed by atoms with Gasteiger partial charge in [-0.25, -0.2) is 0 Å². The molecule has 1 aromatic carbocycles. The molecule has 0 aliphatic carbocycles. The van der Waals surface area contributed by atoms with Crippen molar-refractivity contribution in [3.05, 3.63) is 46.5 Å². The maximum Gasteiger partial charge on any atom is 0.265 e. The van der Waals surface area contributed by atoms with E-state index in [1.165, 1.54) is 4.90 Å². The van der Waals surface area contributed by atoms with Gasteiger partial charge < -0.3 is 4.90 Å². The molecule has 148 valence electrons. The summed E-state index contributed by atoms with van der Waals surface area (Å²) in [5, 5.41) is 3.13. The molecular weight excluding hydrogens is 394 g/mol. The van der Waals surface area contributed by atoms with Gasteiger partial charge in [0.25, 0.3) is 11.8 Å². The zero-order valence-corrected chi connectivity index (χ0v) is 18.1. The Morgan fingerprint density at radius 2 is 2.07 bits per heavy atom.